The Balaban J connectivity index is 1.57. The number of anilines is 1. The molecule has 0 radical (unpaired) electrons. The lowest BCUT2D eigenvalue weighted by Crippen LogP contribution is -2.28. The second-order valence-corrected chi connectivity index (χ2v) is 6.25. The third kappa shape index (κ3) is 4.39. The zero-order chi connectivity index (χ0) is 18.5. The Kier molecular flexibility index (Phi) is 5.51. The van der Waals surface area contributed by atoms with Crippen LogP contribution in [0, 0.1) is 11.7 Å². The van der Waals surface area contributed by atoms with Gasteiger partial charge in [-0.05, 0) is 48.9 Å². The van der Waals surface area contributed by atoms with Crippen LogP contribution < -0.4 is 10.1 Å². The highest BCUT2D eigenvalue weighted by atomic mass is 19.1. The molecule has 0 spiro atoms. The monoisotopic (exact) mass is 356 g/mol. The highest BCUT2D eigenvalue weighted by molar-refractivity contribution is 5.97. The van der Waals surface area contributed by atoms with Crippen LogP contribution in [0.5, 0.6) is 5.75 Å². The molecule has 1 saturated heterocycles. The Hall–Kier alpha value is -2.89. The van der Waals surface area contributed by atoms with Gasteiger partial charge in [0.25, 0.3) is 0 Å². The fourth-order valence-corrected chi connectivity index (χ4v) is 2.96. The normalized spacial score (nSPS) is 16.6. The minimum Gasteiger partial charge on any atom is -0.494 e. The van der Waals surface area contributed by atoms with Crippen LogP contribution >= 0.6 is 0 Å². The van der Waals surface area contributed by atoms with Crippen LogP contribution in [0.2, 0.25) is 0 Å². The molecule has 26 heavy (non-hydrogen) atoms. The van der Waals surface area contributed by atoms with Crippen molar-refractivity contribution in [2.75, 3.05) is 18.5 Å². The summed E-state index contributed by atoms with van der Waals surface area (Å²) >= 11 is 0. The van der Waals surface area contributed by atoms with E-state index in [1.807, 2.05) is 6.92 Å². The number of carbonyl (C=O) groups excluding carboxylic acids is 2. The van der Waals surface area contributed by atoms with E-state index in [0.717, 1.165) is 11.3 Å². The summed E-state index contributed by atoms with van der Waals surface area (Å²) in [5.74, 6) is -0.207. The quantitative estimate of drug-likeness (QED) is 0.865. The standard InChI is InChI=1S/C20H21FN2O3/c1-2-26-18-9-7-17(8-10-18)22-20(25)15-11-19(24)23(13-15)12-14-3-5-16(21)6-4-14/h3-10,15H,2,11-13H2,1H3,(H,22,25)/t15-/m0/s1. The molecule has 1 aliphatic heterocycles. The van der Waals surface area contributed by atoms with E-state index in [-0.39, 0.29) is 24.1 Å². The third-order valence-corrected chi connectivity index (χ3v) is 4.30. The summed E-state index contributed by atoms with van der Waals surface area (Å²) in [4.78, 5) is 26.3. The van der Waals surface area contributed by atoms with Gasteiger partial charge in [0, 0.05) is 25.2 Å². The average molecular weight is 356 g/mol. The molecule has 0 bridgehead atoms. The van der Waals surface area contributed by atoms with Crippen molar-refractivity contribution >= 4 is 17.5 Å². The lowest BCUT2D eigenvalue weighted by Gasteiger charge is -2.16. The van der Waals surface area contributed by atoms with E-state index in [1.165, 1.54) is 12.1 Å². The van der Waals surface area contributed by atoms with Gasteiger partial charge in [-0.15, -0.1) is 0 Å². The Bertz CT molecular complexity index is 775. The zero-order valence-electron chi connectivity index (χ0n) is 14.6. The van der Waals surface area contributed by atoms with Crippen LogP contribution in [0.25, 0.3) is 0 Å². The van der Waals surface area contributed by atoms with Gasteiger partial charge in [-0.3, -0.25) is 9.59 Å². The maximum absolute atomic E-state index is 13.0. The van der Waals surface area contributed by atoms with Gasteiger partial charge in [0.05, 0.1) is 12.5 Å². The SMILES string of the molecule is CCOc1ccc(NC(=O)[C@H]2CC(=O)N(Cc3ccc(F)cc3)C2)cc1. The lowest BCUT2D eigenvalue weighted by molar-refractivity contribution is -0.128. The molecule has 5 nitrogen and oxygen atoms in total. The van der Waals surface area contributed by atoms with Gasteiger partial charge in [0.2, 0.25) is 11.8 Å². The summed E-state index contributed by atoms with van der Waals surface area (Å²) in [6.45, 7) is 3.23. The van der Waals surface area contributed by atoms with Crippen molar-refractivity contribution in [1.82, 2.24) is 4.90 Å². The van der Waals surface area contributed by atoms with Crippen molar-refractivity contribution in [2.45, 2.75) is 19.9 Å². The molecule has 1 heterocycles. The second kappa shape index (κ2) is 7.99. The number of rotatable bonds is 6. The smallest absolute Gasteiger partial charge is 0.229 e. The number of likely N-dealkylation sites (tertiary alicyclic amines) is 1. The first-order valence-electron chi connectivity index (χ1n) is 8.61. The van der Waals surface area contributed by atoms with Gasteiger partial charge in [-0.25, -0.2) is 4.39 Å². The van der Waals surface area contributed by atoms with E-state index in [1.54, 1.807) is 41.3 Å². The highest BCUT2D eigenvalue weighted by Crippen LogP contribution is 2.23. The van der Waals surface area contributed by atoms with E-state index < -0.39 is 5.92 Å². The minimum atomic E-state index is -0.394. The Morgan fingerprint density at radius 2 is 1.88 bits per heavy atom. The van der Waals surface area contributed by atoms with Gasteiger partial charge in [0.1, 0.15) is 11.6 Å². The topological polar surface area (TPSA) is 58.6 Å². The minimum absolute atomic E-state index is 0.0684. The van der Waals surface area contributed by atoms with Crippen molar-refractivity contribution < 1.29 is 18.7 Å². The molecule has 0 saturated carbocycles. The number of nitrogens with one attached hydrogen (secondary N) is 1. The summed E-state index contributed by atoms with van der Waals surface area (Å²) < 4.78 is 18.3. The second-order valence-electron chi connectivity index (χ2n) is 6.25. The molecule has 0 unspecified atom stereocenters. The highest BCUT2D eigenvalue weighted by Gasteiger charge is 2.34. The lowest BCUT2D eigenvalue weighted by atomic mass is 10.1. The Morgan fingerprint density at radius 1 is 1.19 bits per heavy atom. The summed E-state index contributed by atoms with van der Waals surface area (Å²) in [5.41, 5.74) is 1.51. The van der Waals surface area contributed by atoms with Crippen LogP contribution in [0.4, 0.5) is 10.1 Å². The third-order valence-electron chi connectivity index (χ3n) is 4.30. The maximum atomic E-state index is 13.0. The maximum Gasteiger partial charge on any atom is 0.229 e. The molecule has 1 aliphatic rings. The summed E-state index contributed by atoms with van der Waals surface area (Å²) in [5, 5.41) is 2.84. The summed E-state index contributed by atoms with van der Waals surface area (Å²) in [6.07, 6.45) is 0.185. The van der Waals surface area contributed by atoms with Gasteiger partial charge >= 0.3 is 0 Å². The first-order chi connectivity index (χ1) is 12.5. The van der Waals surface area contributed by atoms with Gasteiger partial charge in [0.15, 0.2) is 0 Å². The van der Waals surface area contributed by atoms with Crippen LogP contribution in [0.3, 0.4) is 0 Å². The summed E-state index contributed by atoms with van der Waals surface area (Å²) in [6, 6.07) is 13.2. The first-order valence-corrected chi connectivity index (χ1v) is 8.61. The zero-order valence-corrected chi connectivity index (χ0v) is 14.6. The number of nitrogens with zero attached hydrogens (tertiary/aromatic N) is 1. The average Bonchev–Trinajstić information content (AvgIpc) is 3.00. The van der Waals surface area contributed by atoms with Crippen LogP contribution in [-0.2, 0) is 16.1 Å². The molecule has 1 fully saturated rings. The van der Waals surface area contributed by atoms with Crippen LogP contribution in [0.1, 0.15) is 18.9 Å². The number of ether oxygens (including phenoxy) is 1. The molecule has 1 N–H and O–H groups in total. The Morgan fingerprint density at radius 3 is 2.54 bits per heavy atom. The van der Waals surface area contributed by atoms with E-state index in [4.69, 9.17) is 4.74 Å². The van der Waals surface area contributed by atoms with Crippen LogP contribution in [-0.4, -0.2) is 29.9 Å². The fraction of sp³-hybridized carbons (Fsp3) is 0.300. The molecular weight excluding hydrogens is 335 g/mol. The van der Waals surface area contributed by atoms with Crippen LogP contribution in [0.15, 0.2) is 48.5 Å². The molecule has 2 aromatic carbocycles. The van der Waals surface area contributed by atoms with Crippen molar-refractivity contribution in [3.63, 3.8) is 0 Å². The molecule has 3 rings (SSSR count). The predicted octanol–water partition coefficient (Wildman–Crippen LogP) is 3.21. The van der Waals surface area contributed by atoms with Gasteiger partial charge < -0.3 is 15.0 Å². The van der Waals surface area contributed by atoms with Crippen molar-refractivity contribution in [3.05, 3.63) is 59.9 Å². The Labute approximate surface area is 151 Å². The molecule has 0 aliphatic carbocycles. The van der Waals surface area contributed by atoms with E-state index in [2.05, 4.69) is 5.32 Å². The molecule has 6 heteroatoms. The predicted molar refractivity (Wildman–Crippen MR) is 96.2 cm³/mol. The number of hydrogen-bond acceptors (Lipinski definition) is 3. The van der Waals surface area contributed by atoms with Gasteiger partial charge in [-0.2, -0.15) is 0 Å². The number of carbonyl (C=O) groups is 2. The molecule has 1 atom stereocenters. The number of halogens is 1. The number of hydrogen-bond donors (Lipinski definition) is 1. The number of amides is 2. The van der Waals surface area contributed by atoms with E-state index in [0.29, 0.717) is 25.4 Å². The van der Waals surface area contributed by atoms with E-state index in [9.17, 15) is 14.0 Å². The summed E-state index contributed by atoms with van der Waals surface area (Å²) in [7, 11) is 0. The van der Waals surface area contributed by atoms with Gasteiger partial charge in [-0.1, -0.05) is 12.1 Å². The largest absolute Gasteiger partial charge is 0.494 e. The molecule has 2 aromatic rings. The van der Waals surface area contributed by atoms with E-state index >= 15 is 0 Å². The molecule has 136 valence electrons. The van der Waals surface area contributed by atoms with Crippen molar-refractivity contribution in [3.8, 4) is 5.75 Å². The van der Waals surface area contributed by atoms with Crippen molar-refractivity contribution in [2.24, 2.45) is 5.92 Å². The molecule has 2 amide bonds. The number of benzene rings is 2. The molecule has 0 aromatic heterocycles. The fourth-order valence-electron chi connectivity index (χ4n) is 2.96. The first kappa shape index (κ1) is 17.9. The molecular formula is C20H21FN2O3. The van der Waals surface area contributed by atoms with Crippen molar-refractivity contribution in [1.29, 1.82) is 0 Å².